The maximum atomic E-state index is 10.4. The van der Waals surface area contributed by atoms with Gasteiger partial charge >= 0.3 is 0 Å². The van der Waals surface area contributed by atoms with Crippen molar-refractivity contribution in [2.45, 2.75) is 32.7 Å². The normalized spacial score (nSPS) is 10.7. The van der Waals surface area contributed by atoms with Crippen molar-refractivity contribution < 1.29 is 9.63 Å². The minimum absolute atomic E-state index is 0.172. The fraction of sp³-hybridized carbons (Fsp3) is 0.600. The predicted octanol–water partition coefficient (Wildman–Crippen LogP) is 0.912. The number of carbonyl (C=O) groups is 1. The van der Waals surface area contributed by atoms with Crippen molar-refractivity contribution in [2.75, 3.05) is 6.61 Å². The maximum absolute atomic E-state index is 10.4. The van der Waals surface area contributed by atoms with E-state index in [2.05, 4.69) is 22.4 Å². The van der Waals surface area contributed by atoms with Gasteiger partial charge in [-0.3, -0.25) is 9.63 Å². The highest BCUT2D eigenvalue weighted by Crippen LogP contribution is 2.13. The fourth-order valence-corrected chi connectivity index (χ4v) is 1.48. The number of H-pyrrole nitrogens is 1. The molecular weight excluding hydrogens is 244 g/mol. The number of unbranched alkanes of at least 4 members (excludes halogenated alkanes) is 1. The first-order valence-corrected chi connectivity index (χ1v) is 5.87. The molecule has 1 rings (SSSR count). The lowest BCUT2D eigenvalue weighted by Gasteiger charge is -2.02. The molecule has 7 heteroatoms. The number of aromatic nitrogens is 2. The number of hydrogen-bond donors (Lipinski definition) is 3. The molecule has 0 radical (unpaired) electrons. The molecule has 0 aromatic carbocycles. The summed E-state index contributed by atoms with van der Waals surface area (Å²) in [5.74, 6) is 0.334. The van der Waals surface area contributed by atoms with Crippen LogP contribution in [-0.4, -0.2) is 22.5 Å². The number of rotatable bonds is 8. The SMILES string of the molecule is CCCCc1nc(Cl)c(CNOCC(N)=O)[nH]1. The summed E-state index contributed by atoms with van der Waals surface area (Å²) in [6, 6.07) is 0. The van der Waals surface area contributed by atoms with Gasteiger partial charge < -0.3 is 10.7 Å². The Bertz CT molecular complexity index is 367. The summed E-state index contributed by atoms with van der Waals surface area (Å²) in [6.07, 6.45) is 3.04. The van der Waals surface area contributed by atoms with Crippen LogP contribution in [0.5, 0.6) is 0 Å². The Balaban J connectivity index is 2.37. The van der Waals surface area contributed by atoms with Crippen molar-refractivity contribution in [1.29, 1.82) is 0 Å². The molecule has 0 bridgehead atoms. The summed E-state index contributed by atoms with van der Waals surface area (Å²) in [5, 5.41) is 0.422. The molecule has 1 amide bonds. The van der Waals surface area contributed by atoms with E-state index in [1.807, 2.05) is 0 Å². The van der Waals surface area contributed by atoms with Crippen LogP contribution in [0.1, 0.15) is 31.3 Å². The van der Waals surface area contributed by atoms with E-state index in [-0.39, 0.29) is 6.61 Å². The Hall–Kier alpha value is -1.11. The number of nitrogens with two attached hydrogens (primary N) is 1. The topological polar surface area (TPSA) is 93.0 Å². The molecule has 1 aromatic heterocycles. The third-order valence-electron chi connectivity index (χ3n) is 2.11. The van der Waals surface area contributed by atoms with E-state index in [9.17, 15) is 4.79 Å². The first kappa shape index (κ1) is 14.0. The molecule has 0 saturated carbocycles. The molecular formula is C10H17ClN4O2. The average molecular weight is 261 g/mol. The molecule has 6 nitrogen and oxygen atoms in total. The quantitative estimate of drug-likeness (QED) is 0.478. The number of aromatic amines is 1. The van der Waals surface area contributed by atoms with Crippen molar-refractivity contribution in [3.05, 3.63) is 16.7 Å². The number of hydroxylamine groups is 1. The largest absolute Gasteiger partial charge is 0.368 e. The minimum Gasteiger partial charge on any atom is -0.368 e. The van der Waals surface area contributed by atoms with Crippen molar-refractivity contribution in [1.82, 2.24) is 15.4 Å². The summed E-state index contributed by atoms with van der Waals surface area (Å²) in [6.45, 7) is 2.30. The molecule has 0 fully saturated rings. The van der Waals surface area contributed by atoms with E-state index in [1.54, 1.807) is 0 Å². The van der Waals surface area contributed by atoms with Crippen LogP contribution in [-0.2, 0) is 22.6 Å². The number of carbonyl (C=O) groups excluding carboxylic acids is 1. The summed E-state index contributed by atoms with van der Waals surface area (Å²) >= 11 is 5.94. The van der Waals surface area contributed by atoms with Crippen LogP contribution >= 0.6 is 11.6 Å². The van der Waals surface area contributed by atoms with Gasteiger partial charge in [0, 0.05) is 6.42 Å². The van der Waals surface area contributed by atoms with Gasteiger partial charge in [-0.2, -0.15) is 5.48 Å². The molecule has 0 atom stereocenters. The Labute approximate surface area is 105 Å². The van der Waals surface area contributed by atoms with E-state index in [4.69, 9.17) is 22.2 Å². The van der Waals surface area contributed by atoms with Gasteiger partial charge in [0.2, 0.25) is 5.91 Å². The smallest absolute Gasteiger partial charge is 0.245 e. The molecule has 4 N–H and O–H groups in total. The number of aryl methyl sites for hydroxylation is 1. The van der Waals surface area contributed by atoms with Crippen LogP contribution in [0.25, 0.3) is 0 Å². The Kier molecular flexibility index (Phi) is 5.96. The summed E-state index contributed by atoms with van der Waals surface area (Å²) in [7, 11) is 0. The monoisotopic (exact) mass is 260 g/mol. The number of primary amides is 1. The van der Waals surface area contributed by atoms with E-state index in [1.165, 1.54) is 0 Å². The van der Waals surface area contributed by atoms with Crippen molar-refractivity contribution >= 4 is 17.5 Å². The van der Waals surface area contributed by atoms with Crippen molar-refractivity contribution in [3.63, 3.8) is 0 Å². The molecule has 0 spiro atoms. The first-order chi connectivity index (χ1) is 8.13. The minimum atomic E-state index is -0.531. The lowest BCUT2D eigenvalue weighted by atomic mass is 10.2. The van der Waals surface area contributed by atoms with E-state index < -0.39 is 5.91 Å². The van der Waals surface area contributed by atoms with Crippen LogP contribution in [0.2, 0.25) is 5.15 Å². The molecule has 0 saturated heterocycles. The zero-order chi connectivity index (χ0) is 12.7. The van der Waals surface area contributed by atoms with Gasteiger partial charge in [-0.05, 0) is 6.42 Å². The first-order valence-electron chi connectivity index (χ1n) is 5.49. The van der Waals surface area contributed by atoms with Crippen molar-refractivity contribution in [2.24, 2.45) is 5.73 Å². The summed E-state index contributed by atoms with van der Waals surface area (Å²) in [5.41, 5.74) is 8.24. The highest BCUT2D eigenvalue weighted by atomic mass is 35.5. The third kappa shape index (κ3) is 5.16. The summed E-state index contributed by atoms with van der Waals surface area (Å²) < 4.78 is 0. The van der Waals surface area contributed by atoms with Gasteiger partial charge in [0.15, 0.2) is 5.15 Å². The fourth-order valence-electron chi connectivity index (χ4n) is 1.26. The van der Waals surface area contributed by atoms with Gasteiger partial charge in [0.05, 0.1) is 12.2 Å². The lowest BCUT2D eigenvalue weighted by Crippen LogP contribution is -2.24. The second-order valence-corrected chi connectivity index (χ2v) is 3.99. The Morgan fingerprint density at radius 2 is 2.41 bits per heavy atom. The summed E-state index contributed by atoms with van der Waals surface area (Å²) in [4.78, 5) is 22.5. The zero-order valence-corrected chi connectivity index (χ0v) is 10.5. The van der Waals surface area contributed by atoms with E-state index >= 15 is 0 Å². The molecule has 0 aliphatic carbocycles. The highest BCUT2D eigenvalue weighted by molar-refractivity contribution is 6.30. The van der Waals surface area contributed by atoms with Gasteiger partial charge in [0.1, 0.15) is 12.4 Å². The van der Waals surface area contributed by atoms with Gasteiger partial charge in [-0.25, -0.2) is 4.98 Å². The van der Waals surface area contributed by atoms with Crippen molar-refractivity contribution in [3.8, 4) is 0 Å². The molecule has 96 valence electrons. The molecule has 1 aromatic rings. The lowest BCUT2D eigenvalue weighted by molar-refractivity contribution is -0.125. The Morgan fingerprint density at radius 3 is 3.06 bits per heavy atom. The van der Waals surface area contributed by atoms with E-state index in [0.717, 1.165) is 30.8 Å². The van der Waals surface area contributed by atoms with Gasteiger partial charge in [0.25, 0.3) is 0 Å². The number of halogens is 1. The second kappa shape index (κ2) is 7.26. The van der Waals surface area contributed by atoms with E-state index in [0.29, 0.717) is 11.7 Å². The van der Waals surface area contributed by atoms with Gasteiger partial charge in [-0.15, -0.1) is 0 Å². The number of imidazole rings is 1. The van der Waals surface area contributed by atoms with Crippen LogP contribution in [0.15, 0.2) is 0 Å². The third-order valence-corrected chi connectivity index (χ3v) is 2.42. The average Bonchev–Trinajstić information content (AvgIpc) is 2.62. The standard InChI is InChI=1S/C10H17ClN4O2/c1-2-3-4-9-14-7(10(11)15-9)5-13-17-6-8(12)16/h13H,2-6H2,1H3,(H2,12,16)(H,14,15). The number of amides is 1. The molecule has 0 aliphatic rings. The molecule has 0 unspecified atom stereocenters. The highest BCUT2D eigenvalue weighted by Gasteiger charge is 2.07. The maximum Gasteiger partial charge on any atom is 0.245 e. The predicted molar refractivity (Wildman–Crippen MR) is 64.2 cm³/mol. The van der Waals surface area contributed by atoms with Crippen LogP contribution in [0.4, 0.5) is 0 Å². The molecule has 1 heterocycles. The second-order valence-electron chi connectivity index (χ2n) is 3.63. The molecule has 0 aliphatic heterocycles. The molecule has 17 heavy (non-hydrogen) atoms. The number of nitrogens with zero attached hydrogens (tertiary/aromatic N) is 1. The Morgan fingerprint density at radius 1 is 1.65 bits per heavy atom. The number of nitrogens with one attached hydrogen (secondary N) is 2. The zero-order valence-electron chi connectivity index (χ0n) is 9.75. The van der Waals surface area contributed by atoms with Crippen LogP contribution in [0.3, 0.4) is 0 Å². The van der Waals surface area contributed by atoms with Gasteiger partial charge in [-0.1, -0.05) is 24.9 Å². The van der Waals surface area contributed by atoms with Crippen LogP contribution in [0, 0.1) is 0 Å². The van der Waals surface area contributed by atoms with Crippen LogP contribution < -0.4 is 11.2 Å². The number of hydrogen-bond acceptors (Lipinski definition) is 4.